The number of benzene rings is 1. The van der Waals surface area contributed by atoms with Gasteiger partial charge in [0.15, 0.2) is 0 Å². The summed E-state index contributed by atoms with van der Waals surface area (Å²) < 4.78 is 11.9. The molecule has 2 nitrogen and oxygen atoms in total. The van der Waals surface area contributed by atoms with Gasteiger partial charge in [0.05, 0.1) is 12.7 Å². The van der Waals surface area contributed by atoms with Crippen molar-refractivity contribution in [1.29, 1.82) is 0 Å². The van der Waals surface area contributed by atoms with E-state index < -0.39 is 0 Å². The monoisotopic (exact) mass is 278 g/mol. The summed E-state index contributed by atoms with van der Waals surface area (Å²) in [6.07, 6.45) is 4.17. The topological polar surface area (TPSA) is 21.8 Å². The summed E-state index contributed by atoms with van der Waals surface area (Å²) in [5, 5.41) is 0. The first-order chi connectivity index (χ1) is 9.20. The minimum Gasteiger partial charge on any atom is -0.370 e. The number of rotatable bonds is 4. The molecule has 2 fully saturated rings. The first-order valence-electron chi connectivity index (χ1n) is 7.23. The molecule has 3 heteroatoms. The van der Waals surface area contributed by atoms with Gasteiger partial charge in [-0.15, -0.1) is 0 Å². The predicted molar refractivity (Wildman–Crippen MR) is 78.3 cm³/mol. The predicted octanol–water partition coefficient (Wildman–Crippen LogP) is 4.10. The molecule has 1 aromatic rings. The third-order valence-corrected chi connectivity index (χ3v) is 5.68. The number of epoxide rings is 1. The van der Waals surface area contributed by atoms with Gasteiger partial charge < -0.3 is 9.47 Å². The van der Waals surface area contributed by atoms with Crippen LogP contribution in [0.25, 0.3) is 0 Å². The van der Waals surface area contributed by atoms with Crippen LogP contribution in [0.1, 0.15) is 33.1 Å². The molecule has 0 amide bonds. The fraction of sp³-hybridized carbons (Fsp3) is 0.625. The van der Waals surface area contributed by atoms with Crippen LogP contribution in [0.4, 0.5) is 0 Å². The molecule has 1 unspecified atom stereocenters. The second-order valence-electron chi connectivity index (χ2n) is 5.80. The van der Waals surface area contributed by atoms with Crippen LogP contribution in [-0.4, -0.2) is 23.7 Å². The van der Waals surface area contributed by atoms with Crippen LogP contribution in [0.3, 0.4) is 0 Å². The van der Waals surface area contributed by atoms with Gasteiger partial charge in [0.2, 0.25) is 0 Å². The number of hydrogen-bond acceptors (Lipinski definition) is 3. The van der Waals surface area contributed by atoms with Crippen molar-refractivity contribution in [3.8, 4) is 0 Å². The molecular weight excluding hydrogens is 256 g/mol. The highest BCUT2D eigenvalue weighted by Gasteiger charge is 2.46. The van der Waals surface area contributed by atoms with Crippen molar-refractivity contribution >= 4 is 11.8 Å². The molecular formula is C16H22O2S. The van der Waals surface area contributed by atoms with Gasteiger partial charge in [-0.25, -0.2) is 0 Å². The minimum absolute atomic E-state index is 0.0871. The molecule has 0 spiro atoms. The third-order valence-electron chi connectivity index (χ3n) is 4.05. The van der Waals surface area contributed by atoms with Crippen LogP contribution in [0.15, 0.2) is 35.2 Å². The number of thioether (sulfide) groups is 1. The van der Waals surface area contributed by atoms with Crippen molar-refractivity contribution in [3.63, 3.8) is 0 Å². The Balaban J connectivity index is 1.78. The van der Waals surface area contributed by atoms with E-state index in [4.69, 9.17) is 9.47 Å². The van der Waals surface area contributed by atoms with E-state index in [0.717, 1.165) is 19.4 Å². The molecule has 0 saturated carbocycles. The molecule has 2 aliphatic heterocycles. The van der Waals surface area contributed by atoms with E-state index in [-0.39, 0.29) is 4.93 Å². The fourth-order valence-electron chi connectivity index (χ4n) is 2.76. The average Bonchev–Trinajstić information content (AvgIpc) is 3.24. The van der Waals surface area contributed by atoms with Gasteiger partial charge in [-0.2, -0.15) is 0 Å². The molecule has 2 aliphatic rings. The lowest BCUT2D eigenvalue weighted by Crippen LogP contribution is -2.44. The summed E-state index contributed by atoms with van der Waals surface area (Å²) in [5.41, 5.74) is 0. The van der Waals surface area contributed by atoms with Crippen molar-refractivity contribution in [1.82, 2.24) is 0 Å². The Morgan fingerprint density at radius 2 is 1.95 bits per heavy atom. The summed E-state index contributed by atoms with van der Waals surface area (Å²) in [6.45, 7) is 5.42. The lowest BCUT2D eigenvalue weighted by Gasteiger charge is -2.43. The zero-order valence-corrected chi connectivity index (χ0v) is 12.5. The van der Waals surface area contributed by atoms with E-state index in [1.54, 1.807) is 0 Å². The first kappa shape index (κ1) is 13.5. The van der Waals surface area contributed by atoms with E-state index in [1.807, 2.05) is 11.8 Å². The standard InChI is InChI=1S/C16H22O2S/c1-12(2)16(19-13-7-4-3-5-8-13)10-6-9-14(18-16)15-11-17-15/h3-5,7-8,12,14-15H,6,9-11H2,1-2H3/t14-,15-,16?/m0/s1. The summed E-state index contributed by atoms with van der Waals surface area (Å²) in [4.78, 5) is 1.21. The summed E-state index contributed by atoms with van der Waals surface area (Å²) >= 11 is 1.89. The smallest absolute Gasteiger partial charge is 0.120 e. The second-order valence-corrected chi connectivity index (χ2v) is 7.17. The van der Waals surface area contributed by atoms with Crippen molar-refractivity contribution in [3.05, 3.63) is 30.3 Å². The Bertz CT molecular complexity index is 416. The van der Waals surface area contributed by atoms with Crippen LogP contribution >= 0.6 is 11.8 Å². The van der Waals surface area contributed by atoms with Gasteiger partial charge >= 0.3 is 0 Å². The quantitative estimate of drug-likeness (QED) is 0.774. The maximum atomic E-state index is 6.50. The van der Waals surface area contributed by atoms with Crippen molar-refractivity contribution in [2.45, 2.75) is 55.1 Å². The van der Waals surface area contributed by atoms with E-state index in [2.05, 4.69) is 44.2 Å². The third kappa shape index (κ3) is 2.99. The largest absolute Gasteiger partial charge is 0.370 e. The Morgan fingerprint density at radius 3 is 2.58 bits per heavy atom. The zero-order chi connectivity index (χ0) is 13.3. The van der Waals surface area contributed by atoms with Crippen molar-refractivity contribution < 1.29 is 9.47 Å². The lowest BCUT2D eigenvalue weighted by molar-refractivity contribution is -0.103. The lowest BCUT2D eigenvalue weighted by atomic mass is 9.94. The highest BCUT2D eigenvalue weighted by Crippen LogP contribution is 2.48. The molecule has 2 saturated heterocycles. The van der Waals surface area contributed by atoms with Gasteiger partial charge in [0, 0.05) is 4.90 Å². The van der Waals surface area contributed by atoms with Crippen LogP contribution in [-0.2, 0) is 9.47 Å². The Hall–Kier alpha value is -0.510. The SMILES string of the molecule is CC(C)C1(Sc2ccccc2)CCC[C@@H]([C@@H]2CO2)O1. The summed E-state index contributed by atoms with van der Waals surface area (Å²) in [7, 11) is 0. The fourth-order valence-corrected chi connectivity index (χ4v) is 4.11. The van der Waals surface area contributed by atoms with Gasteiger partial charge in [-0.3, -0.25) is 0 Å². The van der Waals surface area contributed by atoms with Gasteiger partial charge in [-0.1, -0.05) is 43.8 Å². The Kier molecular flexibility index (Phi) is 3.88. The van der Waals surface area contributed by atoms with Gasteiger partial charge in [0.1, 0.15) is 11.0 Å². The normalized spacial score (nSPS) is 34.5. The molecule has 2 heterocycles. The van der Waals surface area contributed by atoms with Gasteiger partial charge in [0.25, 0.3) is 0 Å². The van der Waals surface area contributed by atoms with Crippen molar-refractivity contribution in [2.75, 3.05) is 6.61 Å². The van der Waals surface area contributed by atoms with Crippen LogP contribution in [0.2, 0.25) is 0 Å². The van der Waals surface area contributed by atoms with Crippen LogP contribution < -0.4 is 0 Å². The molecule has 0 N–H and O–H groups in total. The Labute approximate surface area is 119 Å². The highest BCUT2D eigenvalue weighted by atomic mass is 32.2. The molecule has 1 aromatic carbocycles. The zero-order valence-electron chi connectivity index (χ0n) is 11.7. The number of ether oxygens (including phenoxy) is 2. The van der Waals surface area contributed by atoms with E-state index in [9.17, 15) is 0 Å². The van der Waals surface area contributed by atoms with E-state index in [1.165, 1.54) is 11.3 Å². The molecule has 104 valence electrons. The minimum atomic E-state index is -0.0871. The molecule has 3 atom stereocenters. The van der Waals surface area contributed by atoms with Gasteiger partial charge in [-0.05, 0) is 37.3 Å². The molecule has 0 radical (unpaired) electrons. The molecule has 0 bridgehead atoms. The average molecular weight is 278 g/mol. The maximum Gasteiger partial charge on any atom is 0.120 e. The van der Waals surface area contributed by atoms with E-state index >= 15 is 0 Å². The van der Waals surface area contributed by atoms with E-state index in [0.29, 0.717) is 18.1 Å². The summed E-state index contributed by atoms with van der Waals surface area (Å²) in [6, 6.07) is 10.6. The molecule has 19 heavy (non-hydrogen) atoms. The second kappa shape index (κ2) is 5.47. The highest BCUT2D eigenvalue weighted by molar-refractivity contribution is 8.00. The molecule has 0 aliphatic carbocycles. The number of hydrogen-bond donors (Lipinski definition) is 0. The Morgan fingerprint density at radius 1 is 1.21 bits per heavy atom. The molecule has 3 rings (SSSR count). The summed E-state index contributed by atoms with van der Waals surface area (Å²) in [5.74, 6) is 0.499. The first-order valence-corrected chi connectivity index (χ1v) is 8.05. The van der Waals surface area contributed by atoms with Crippen LogP contribution in [0, 0.1) is 5.92 Å². The van der Waals surface area contributed by atoms with Crippen molar-refractivity contribution in [2.24, 2.45) is 5.92 Å². The van der Waals surface area contributed by atoms with Crippen LogP contribution in [0.5, 0.6) is 0 Å². The maximum absolute atomic E-state index is 6.50. The molecule has 0 aromatic heterocycles.